The van der Waals surface area contributed by atoms with Crippen molar-refractivity contribution in [3.05, 3.63) is 12.7 Å². The molecule has 0 aromatic heterocycles. The quantitative estimate of drug-likeness (QED) is 0.472. The van der Waals surface area contributed by atoms with Crippen LogP contribution in [0.25, 0.3) is 0 Å². The first-order chi connectivity index (χ1) is 5.26. The van der Waals surface area contributed by atoms with Gasteiger partial charge in [0, 0.05) is 0 Å². The fourth-order valence-corrected chi connectivity index (χ4v) is 0.715. The molecule has 0 aliphatic heterocycles. The average molecular weight is 157 g/mol. The molecule has 1 atom stereocenters. The van der Waals surface area contributed by atoms with Crippen molar-refractivity contribution in [3.8, 4) is 0 Å². The largest absolute Gasteiger partial charge is 0.465 e. The first-order valence-corrected chi connectivity index (χ1v) is 3.78. The van der Waals surface area contributed by atoms with E-state index >= 15 is 0 Å². The SMILES string of the molecule is C=C[C@H](NCC)C(=O)OCC. The van der Waals surface area contributed by atoms with Crippen LogP contribution < -0.4 is 5.32 Å². The molecule has 0 amide bonds. The number of likely N-dealkylation sites (N-methyl/N-ethyl adjacent to an activating group) is 1. The second-order valence-corrected chi connectivity index (χ2v) is 2.02. The van der Waals surface area contributed by atoms with Gasteiger partial charge in [-0.05, 0) is 13.5 Å². The average Bonchev–Trinajstić information content (AvgIpc) is 2.00. The molecule has 3 nitrogen and oxygen atoms in total. The number of esters is 1. The molecule has 3 heteroatoms. The van der Waals surface area contributed by atoms with Crippen LogP contribution in [0.1, 0.15) is 13.8 Å². The molecule has 0 aromatic carbocycles. The van der Waals surface area contributed by atoms with E-state index in [0.717, 1.165) is 6.54 Å². The Morgan fingerprint density at radius 2 is 2.36 bits per heavy atom. The lowest BCUT2D eigenvalue weighted by atomic mass is 10.3. The van der Waals surface area contributed by atoms with Crippen LogP contribution in [0.4, 0.5) is 0 Å². The third kappa shape index (κ3) is 3.78. The molecule has 0 heterocycles. The lowest BCUT2D eigenvalue weighted by Gasteiger charge is -2.10. The Labute approximate surface area is 67.4 Å². The molecule has 0 saturated carbocycles. The molecular formula is C8H15NO2. The number of hydrogen-bond donors (Lipinski definition) is 1. The van der Waals surface area contributed by atoms with Gasteiger partial charge in [-0.3, -0.25) is 4.79 Å². The first-order valence-electron chi connectivity index (χ1n) is 3.78. The molecule has 0 aliphatic carbocycles. The minimum atomic E-state index is -0.361. The number of rotatable bonds is 5. The lowest BCUT2D eigenvalue weighted by Crippen LogP contribution is -2.35. The van der Waals surface area contributed by atoms with Crippen molar-refractivity contribution in [2.24, 2.45) is 0 Å². The van der Waals surface area contributed by atoms with E-state index in [9.17, 15) is 4.79 Å². The monoisotopic (exact) mass is 157 g/mol. The molecule has 1 N–H and O–H groups in total. The van der Waals surface area contributed by atoms with Crippen molar-refractivity contribution in [1.82, 2.24) is 5.32 Å². The maximum atomic E-state index is 11.0. The molecular weight excluding hydrogens is 142 g/mol. The summed E-state index contributed by atoms with van der Waals surface area (Å²) in [5.74, 6) is -0.260. The number of nitrogens with one attached hydrogen (secondary N) is 1. The second-order valence-electron chi connectivity index (χ2n) is 2.02. The Morgan fingerprint density at radius 3 is 2.73 bits per heavy atom. The predicted octanol–water partition coefficient (Wildman–Crippen LogP) is 0.714. The van der Waals surface area contributed by atoms with Crippen LogP contribution >= 0.6 is 0 Å². The molecule has 0 spiro atoms. The highest BCUT2D eigenvalue weighted by Crippen LogP contribution is 1.89. The normalized spacial score (nSPS) is 12.2. The maximum Gasteiger partial charge on any atom is 0.327 e. The van der Waals surface area contributed by atoms with Crippen LogP contribution in [0.5, 0.6) is 0 Å². The van der Waals surface area contributed by atoms with Crippen molar-refractivity contribution in [2.75, 3.05) is 13.2 Å². The highest BCUT2D eigenvalue weighted by atomic mass is 16.5. The fraction of sp³-hybridized carbons (Fsp3) is 0.625. The standard InChI is InChI=1S/C8H15NO2/c1-4-7(9-5-2)8(10)11-6-3/h4,7,9H,1,5-6H2,2-3H3/t7-/m0/s1. The van der Waals surface area contributed by atoms with Gasteiger partial charge in [0.1, 0.15) is 6.04 Å². The van der Waals surface area contributed by atoms with E-state index in [-0.39, 0.29) is 12.0 Å². The summed E-state index contributed by atoms with van der Waals surface area (Å²) in [6.07, 6.45) is 1.54. The van der Waals surface area contributed by atoms with Gasteiger partial charge in [-0.1, -0.05) is 13.0 Å². The van der Waals surface area contributed by atoms with Gasteiger partial charge in [-0.25, -0.2) is 0 Å². The first kappa shape index (κ1) is 10.2. The van der Waals surface area contributed by atoms with Gasteiger partial charge in [0.15, 0.2) is 0 Å². The zero-order valence-corrected chi connectivity index (χ0v) is 7.09. The molecule has 0 aromatic rings. The molecule has 0 saturated heterocycles. The van der Waals surface area contributed by atoms with Crippen molar-refractivity contribution >= 4 is 5.97 Å². The Morgan fingerprint density at radius 1 is 1.73 bits per heavy atom. The van der Waals surface area contributed by atoms with Crippen LogP contribution in [-0.2, 0) is 9.53 Å². The summed E-state index contributed by atoms with van der Waals surface area (Å²) in [5, 5.41) is 2.92. The Kier molecular flexibility index (Phi) is 5.47. The van der Waals surface area contributed by atoms with Crippen LogP contribution in [-0.4, -0.2) is 25.2 Å². The Bertz CT molecular complexity index is 134. The van der Waals surface area contributed by atoms with E-state index in [2.05, 4.69) is 11.9 Å². The lowest BCUT2D eigenvalue weighted by molar-refractivity contribution is -0.144. The number of carbonyl (C=O) groups is 1. The minimum Gasteiger partial charge on any atom is -0.465 e. The molecule has 11 heavy (non-hydrogen) atoms. The van der Waals surface area contributed by atoms with E-state index in [1.807, 2.05) is 6.92 Å². The summed E-state index contributed by atoms with van der Waals surface area (Å²) >= 11 is 0. The van der Waals surface area contributed by atoms with Crippen LogP contribution in [0.2, 0.25) is 0 Å². The van der Waals surface area contributed by atoms with E-state index in [1.54, 1.807) is 13.0 Å². The summed E-state index contributed by atoms with van der Waals surface area (Å²) in [6, 6.07) is -0.361. The summed E-state index contributed by atoms with van der Waals surface area (Å²) in [6.45, 7) is 8.37. The third-order valence-corrected chi connectivity index (χ3v) is 1.20. The Balaban J connectivity index is 3.81. The summed E-state index contributed by atoms with van der Waals surface area (Å²) < 4.78 is 4.77. The van der Waals surface area contributed by atoms with Crippen molar-refractivity contribution in [1.29, 1.82) is 0 Å². The minimum absolute atomic E-state index is 0.260. The number of ether oxygens (including phenoxy) is 1. The molecule has 0 radical (unpaired) electrons. The van der Waals surface area contributed by atoms with Gasteiger partial charge >= 0.3 is 5.97 Å². The summed E-state index contributed by atoms with van der Waals surface area (Å²) in [7, 11) is 0. The van der Waals surface area contributed by atoms with E-state index in [0.29, 0.717) is 6.61 Å². The molecule has 0 aliphatic rings. The van der Waals surface area contributed by atoms with Crippen LogP contribution in [0, 0.1) is 0 Å². The second kappa shape index (κ2) is 5.92. The highest BCUT2D eigenvalue weighted by Gasteiger charge is 2.12. The van der Waals surface area contributed by atoms with Crippen molar-refractivity contribution in [3.63, 3.8) is 0 Å². The van der Waals surface area contributed by atoms with Gasteiger partial charge < -0.3 is 10.1 Å². The van der Waals surface area contributed by atoms with Crippen LogP contribution in [0.15, 0.2) is 12.7 Å². The smallest absolute Gasteiger partial charge is 0.327 e. The highest BCUT2D eigenvalue weighted by molar-refractivity contribution is 5.77. The van der Waals surface area contributed by atoms with Gasteiger partial charge in [-0.2, -0.15) is 0 Å². The number of hydrogen-bond acceptors (Lipinski definition) is 3. The fourth-order valence-electron chi connectivity index (χ4n) is 0.715. The zero-order chi connectivity index (χ0) is 8.69. The van der Waals surface area contributed by atoms with Gasteiger partial charge in [0.05, 0.1) is 6.61 Å². The molecule has 0 rings (SSSR count). The topological polar surface area (TPSA) is 38.3 Å². The molecule has 0 bridgehead atoms. The molecule has 0 unspecified atom stereocenters. The molecule has 0 fully saturated rings. The maximum absolute atomic E-state index is 11.0. The summed E-state index contributed by atoms with van der Waals surface area (Å²) in [5.41, 5.74) is 0. The van der Waals surface area contributed by atoms with E-state index in [4.69, 9.17) is 4.74 Å². The van der Waals surface area contributed by atoms with Crippen molar-refractivity contribution in [2.45, 2.75) is 19.9 Å². The molecule has 64 valence electrons. The zero-order valence-electron chi connectivity index (χ0n) is 7.09. The number of carbonyl (C=O) groups excluding carboxylic acids is 1. The predicted molar refractivity (Wildman–Crippen MR) is 44.3 cm³/mol. The van der Waals surface area contributed by atoms with Gasteiger partial charge in [0.2, 0.25) is 0 Å². The van der Waals surface area contributed by atoms with Crippen molar-refractivity contribution < 1.29 is 9.53 Å². The third-order valence-electron chi connectivity index (χ3n) is 1.20. The van der Waals surface area contributed by atoms with E-state index < -0.39 is 0 Å². The van der Waals surface area contributed by atoms with E-state index in [1.165, 1.54) is 0 Å². The van der Waals surface area contributed by atoms with Gasteiger partial charge in [-0.15, -0.1) is 6.58 Å². The van der Waals surface area contributed by atoms with Crippen LogP contribution in [0.3, 0.4) is 0 Å². The summed E-state index contributed by atoms with van der Waals surface area (Å²) in [4.78, 5) is 11.0. The Hall–Kier alpha value is -0.830. The van der Waals surface area contributed by atoms with Gasteiger partial charge in [0.25, 0.3) is 0 Å².